The highest BCUT2D eigenvalue weighted by molar-refractivity contribution is 7.91. The molecule has 0 aromatic heterocycles. The standard InChI is InChI=1S/C11H18N2O5S/c1-2-10(15)12-3-4-13(11(16)5-12)8-6-19(17,18)7-9(8)14/h8-9,14H,2-7H2,1H3/t8-,9+/m1/s1. The Morgan fingerprint density at radius 1 is 1.37 bits per heavy atom. The third-order valence-electron chi connectivity index (χ3n) is 3.61. The second-order valence-electron chi connectivity index (χ2n) is 4.97. The average Bonchev–Trinajstić information content (AvgIpc) is 2.61. The van der Waals surface area contributed by atoms with E-state index < -0.39 is 22.0 Å². The number of aliphatic hydroxyl groups is 1. The van der Waals surface area contributed by atoms with Gasteiger partial charge in [-0.2, -0.15) is 0 Å². The van der Waals surface area contributed by atoms with Crippen LogP contribution in [-0.2, 0) is 19.4 Å². The normalized spacial score (nSPS) is 30.7. The number of hydrogen-bond donors (Lipinski definition) is 1. The van der Waals surface area contributed by atoms with E-state index in [0.29, 0.717) is 13.0 Å². The Morgan fingerprint density at radius 2 is 2.05 bits per heavy atom. The molecule has 2 atom stereocenters. The van der Waals surface area contributed by atoms with Crippen LogP contribution in [0.15, 0.2) is 0 Å². The van der Waals surface area contributed by atoms with Gasteiger partial charge >= 0.3 is 0 Å². The van der Waals surface area contributed by atoms with Crippen molar-refractivity contribution in [2.45, 2.75) is 25.5 Å². The first-order valence-corrected chi connectivity index (χ1v) is 8.12. The molecular weight excluding hydrogens is 272 g/mol. The second kappa shape index (κ2) is 5.09. The molecule has 2 saturated heterocycles. The van der Waals surface area contributed by atoms with Gasteiger partial charge in [-0.25, -0.2) is 8.42 Å². The van der Waals surface area contributed by atoms with Crippen molar-refractivity contribution >= 4 is 21.7 Å². The summed E-state index contributed by atoms with van der Waals surface area (Å²) in [4.78, 5) is 26.4. The number of nitrogens with zero attached hydrogens (tertiary/aromatic N) is 2. The molecule has 8 heteroatoms. The van der Waals surface area contributed by atoms with E-state index >= 15 is 0 Å². The highest BCUT2D eigenvalue weighted by Crippen LogP contribution is 2.20. The Morgan fingerprint density at radius 3 is 2.53 bits per heavy atom. The van der Waals surface area contributed by atoms with Crippen LogP contribution in [0.5, 0.6) is 0 Å². The molecule has 1 N–H and O–H groups in total. The van der Waals surface area contributed by atoms with Gasteiger partial charge in [0.25, 0.3) is 0 Å². The number of carbonyl (C=O) groups is 2. The Kier molecular flexibility index (Phi) is 3.82. The molecule has 0 bridgehead atoms. The minimum Gasteiger partial charge on any atom is -0.390 e. The maximum Gasteiger partial charge on any atom is 0.242 e. The van der Waals surface area contributed by atoms with Crippen molar-refractivity contribution in [3.05, 3.63) is 0 Å². The largest absolute Gasteiger partial charge is 0.390 e. The summed E-state index contributed by atoms with van der Waals surface area (Å²) in [5, 5.41) is 9.76. The molecule has 0 aromatic carbocycles. The molecule has 0 aromatic rings. The third-order valence-corrected chi connectivity index (χ3v) is 5.31. The van der Waals surface area contributed by atoms with Gasteiger partial charge in [-0.15, -0.1) is 0 Å². The summed E-state index contributed by atoms with van der Waals surface area (Å²) < 4.78 is 22.9. The molecule has 2 aliphatic heterocycles. The van der Waals surface area contributed by atoms with Gasteiger partial charge < -0.3 is 14.9 Å². The summed E-state index contributed by atoms with van der Waals surface area (Å²) in [5.74, 6) is -0.873. The minimum atomic E-state index is -3.28. The first kappa shape index (κ1) is 14.3. The molecule has 0 saturated carbocycles. The van der Waals surface area contributed by atoms with E-state index in [1.165, 1.54) is 9.80 Å². The van der Waals surface area contributed by atoms with Gasteiger partial charge in [-0.3, -0.25) is 9.59 Å². The van der Waals surface area contributed by atoms with Crippen LogP contribution in [0.3, 0.4) is 0 Å². The van der Waals surface area contributed by atoms with E-state index in [1.54, 1.807) is 6.92 Å². The van der Waals surface area contributed by atoms with Gasteiger partial charge in [-0.1, -0.05) is 6.92 Å². The molecule has 108 valence electrons. The fourth-order valence-corrected chi connectivity index (χ4v) is 4.38. The predicted molar refractivity (Wildman–Crippen MR) is 67.0 cm³/mol. The number of piperazine rings is 1. The lowest BCUT2D eigenvalue weighted by Crippen LogP contribution is -2.57. The van der Waals surface area contributed by atoms with E-state index in [9.17, 15) is 23.1 Å². The number of sulfone groups is 1. The van der Waals surface area contributed by atoms with Crippen LogP contribution in [0.1, 0.15) is 13.3 Å². The number of hydrogen-bond acceptors (Lipinski definition) is 5. The highest BCUT2D eigenvalue weighted by Gasteiger charge is 2.43. The fraction of sp³-hybridized carbons (Fsp3) is 0.818. The second-order valence-corrected chi connectivity index (χ2v) is 7.12. The number of carbonyl (C=O) groups excluding carboxylic acids is 2. The molecule has 0 radical (unpaired) electrons. The fourth-order valence-electron chi connectivity index (χ4n) is 2.58. The predicted octanol–water partition coefficient (Wildman–Crippen LogP) is -1.77. The number of rotatable bonds is 2. The van der Waals surface area contributed by atoms with E-state index in [1.807, 2.05) is 0 Å². The van der Waals surface area contributed by atoms with Gasteiger partial charge in [0.1, 0.15) is 0 Å². The topological polar surface area (TPSA) is 95.0 Å². The molecule has 0 spiro atoms. The summed E-state index contributed by atoms with van der Waals surface area (Å²) in [6.45, 7) is 2.37. The maximum absolute atomic E-state index is 12.0. The zero-order valence-electron chi connectivity index (χ0n) is 10.8. The number of amides is 2. The molecule has 2 rings (SSSR count). The van der Waals surface area contributed by atoms with E-state index in [2.05, 4.69) is 0 Å². The lowest BCUT2D eigenvalue weighted by molar-refractivity contribution is -0.148. The van der Waals surface area contributed by atoms with Crippen molar-refractivity contribution in [3.8, 4) is 0 Å². The molecule has 0 aliphatic carbocycles. The Labute approximate surface area is 112 Å². The van der Waals surface area contributed by atoms with Gasteiger partial charge in [0.05, 0.1) is 30.2 Å². The number of aliphatic hydroxyl groups excluding tert-OH is 1. The summed E-state index contributed by atoms with van der Waals surface area (Å²) >= 11 is 0. The van der Waals surface area contributed by atoms with Crippen molar-refractivity contribution in [1.29, 1.82) is 0 Å². The zero-order valence-corrected chi connectivity index (χ0v) is 11.6. The third kappa shape index (κ3) is 2.89. The van der Waals surface area contributed by atoms with Crippen molar-refractivity contribution in [3.63, 3.8) is 0 Å². The van der Waals surface area contributed by atoms with Crippen LogP contribution < -0.4 is 0 Å². The van der Waals surface area contributed by atoms with Crippen LogP contribution in [-0.4, -0.2) is 78.4 Å². The van der Waals surface area contributed by atoms with Crippen molar-refractivity contribution in [2.24, 2.45) is 0 Å². The molecule has 2 fully saturated rings. The summed E-state index contributed by atoms with van der Waals surface area (Å²) in [6, 6.07) is -0.670. The molecule has 7 nitrogen and oxygen atoms in total. The Hall–Kier alpha value is -1.15. The molecule has 19 heavy (non-hydrogen) atoms. The van der Waals surface area contributed by atoms with Crippen LogP contribution >= 0.6 is 0 Å². The molecule has 0 unspecified atom stereocenters. The van der Waals surface area contributed by atoms with Crippen LogP contribution in [0.4, 0.5) is 0 Å². The van der Waals surface area contributed by atoms with Crippen LogP contribution in [0.25, 0.3) is 0 Å². The van der Waals surface area contributed by atoms with Gasteiger partial charge in [-0.05, 0) is 0 Å². The summed E-state index contributed by atoms with van der Waals surface area (Å²) in [7, 11) is -3.28. The molecular formula is C11H18N2O5S. The van der Waals surface area contributed by atoms with Crippen molar-refractivity contribution in [2.75, 3.05) is 31.1 Å². The van der Waals surface area contributed by atoms with E-state index in [4.69, 9.17) is 0 Å². The quantitative estimate of drug-likeness (QED) is 0.649. The molecule has 2 aliphatic rings. The van der Waals surface area contributed by atoms with Gasteiger partial charge in [0.15, 0.2) is 9.84 Å². The van der Waals surface area contributed by atoms with Gasteiger partial charge in [0, 0.05) is 19.5 Å². The first-order valence-electron chi connectivity index (χ1n) is 6.30. The minimum absolute atomic E-state index is 0.0318. The van der Waals surface area contributed by atoms with Crippen molar-refractivity contribution < 1.29 is 23.1 Å². The van der Waals surface area contributed by atoms with Crippen molar-refractivity contribution in [1.82, 2.24) is 9.80 Å². The maximum atomic E-state index is 12.0. The van der Waals surface area contributed by atoms with Crippen LogP contribution in [0, 0.1) is 0 Å². The lowest BCUT2D eigenvalue weighted by atomic mass is 10.1. The molecule has 2 amide bonds. The van der Waals surface area contributed by atoms with Crippen LogP contribution in [0.2, 0.25) is 0 Å². The highest BCUT2D eigenvalue weighted by atomic mass is 32.2. The SMILES string of the molecule is CCC(=O)N1CCN([C@@H]2CS(=O)(=O)C[C@@H]2O)C(=O)C1. The molecule has 2 heterocycles. The van der Waals surface area contributed by atoms with Gasteiger partial charge in [0.2, 0.25) is 11.8 Å². The first-order chi connectivity index (χ1) is 8.84. The monoisotopic (exact) mass is 290 g/mol. The average molecular weight is 290 g/mol. The Bertz CT molecular complexity index is 489. The summed E-state index contributed by atoms with van der Waals surface area (Å²) in [5.41, 5.74) is 0. The summed E-state index contributed by atoms with van der Waals surface area (Å²) in [6.07, 6.45) is -0.685. The van der Waals surface area contributed by atoms with E-state index in [-0.39, 0.29) is 36.4 Å². The van der Waals surface area contributed by atoms with E-state index in [0.717, 1.165) is 0 Å². The smallest absolute Gasteiger partial charge is 0.242 e. The Balaban J connectivity index is 2.05. The zero-order chi connectivity index (χ0) is 14.2. The lowest BCUT2D eigenvalue weighted by Gasteiger charge is -2.38.